The Bertz CT molecular complexity index is 1150. The lowest BCUT2D eigenvalue weighted by molar-refractivity contribution is -0.126. The lowest BCUT2D eigenvalue weighted by Crippen LogP contribution is -2.32. The SMILES string of the molecule is Cc1cc(C)cc(NC(=O)COc2ccc(N3C[C@H](C(=O)NCc4ccco4)CC3=O)cc2)c1. The van der Waals surface area contributed by atoms with Crippen molar-refractivity contribution in [3.63, 3.8) is 0 Å². The molecular weight excluding hydrogens is 434 g/mol. The smallest absolute Gasteiger partial charge is 0.262 e. The summed E-state index contributed by atoms with van der Waals surface area (Å²) in [6, 6.07) is 16.3. The van der Waals surface area contributed by atoms with E-state index in [0.29, 0.717) is 30.3 Å². The second kappa shape index (κ2) is 10.2. The summed E-state index contributed by atoms with van der Waals surface area (Å²) in [6.07, 6.45) is 1.70. The second-order valence-electron chi connectivity index (χ2n) is 8.41. The normalized spacial score (nSPS) is 15.3. The van der Waals surface area contributed by atoms with Gasteiger partial charge in [-0.05, 0) is 73.5 Å². The van der Waals surface area contributed by atoms with Crippen molar-refractivity contribution < 1.29 is 23.5 Å². The van der Waals surface area contributed by atoms with Crippen molar-refractivity contribution in [1.29, 1.82) is 0 Å². The molecule has 0 saturated carbocycles. The Balaban J connectivity index is 1.27. The van der Waals surface area contributed by atoms with Crippen LogP contribution in [-0.2, 0) is 20.9 Å². The number of aryl methyl sites for hydroxylation is 2. The van der Waals surface area contributed by atoms with E-state index >= 15 is 0 Å². The number of amides is 3. The van der Waals surface area contributed by atoms with Crippen LogP contribution in [0.3, 0.4) is 0 Å². The van der Waals surface area contributed by atoms with Crippen molar-refractivity contribution >= 4 is 29.1 Å². The summed E-state index contributed by atoms with van der Waals surface area (Å²) in [5.41, 5.74) is 3.55. The molecule has 2 heterocycles. The number of rotatable bonds is 8. The first kappa shape index (κ1) is 23.1. The Morgan fingerprint density at radius 3 is 2.50 bits per heavy atom. The molecule has 1 fully saturated rings. The fraction of sp³-hybridized carbons (Fsp3) is 0.269. The number of furan rings is 1. The summed E-state index contributed by atoms with van der Waals surface area (Å²) in [4.78, 5) is 38.7. The van der Waals surface area contributed by atoms with E-state index in [-0.39, 0.29) is 30.7 Å². The van der Waals surface area contributed by atoms with E-state index in [0.717, 1.165) is 16.8 Å². The highest BCUT2D eigenvalue weighted by Gasteiger charge is 2.35. The average molecular weight is 462 g/mol. The van der Waals surface area contributed by atoms with Gasteiger partial charge >= 0.3 is 0 Å². The first-order valence-corrected chi connectivity index (χ1v) is 11.1. The predicted octanol–water partition coefficient (Wildman–Crippen LogP) is 3.58. The van der Waals surface area contributed by atoms with Crippen molar-refractivity contribution in [1.82, 2.24) is 5.32 Å². The summed E-state index contributed by atoms with van der Waals surface area (Å²) < 4.78 is 10.8. The van der Waals surface area contributed by atoms with Crippen LogP contribution in [0.2, 0.25) is 0 Å². The highest BCUT2D eigenvalue weighted by Crippen LogP contribution is 2.27. The maximum absolute atomic E-state index is 12.5. The molecule has 34 heavy (non-hydrogen) atoms. The van der Waals surface area contributed by atoms with E-state index in [1.807, 2.05) is 32.0 Å². The van der Waals surface area contributed by atoms with Crippen LogP contribution >= 0.6 is 0 Å². The van der Waals surface area contributed by atoms with Crippen LogP contribution < -0.4 is 20.3 Å². The van der Waals surface area contributed by atoms with Gasteiger partial charge in [-0.3, -0.25) is 14.4 Å². The number of ether oxygens (including phenoxy) is 1. The van der Waals surface area contributed by atoms with Crippen molar-refractivity contribution in [3.8, 4) is 5.75 Å². The largest absolute Gasteiger partial charge is 0.484 e. The topological polar surface area (TPSA) is 101 Å². The fourth-order valence-corrected chi connectivity index (χ4v) is 3.98. The first-order valence-electron chi connectivity index (χ1n) is 11.1. The van der Waals surface area contributed by atoms with Crippen LogP contribution in [0.4, 0.5) is 11.4 Å². The highest BCUT2D eigenvalue weighted by atomic mass is 16.5. The molecule has 1 atom stereocenters. The van der Waals surface area contributed by atoms with Crippen LogP contribution in [0.5, 0.6) is 5.75 Å². The Morgan fingerprint density at radius 2 is 1.82 bits per heavy atom. The summed E-state index contributed by atoms with van der Waals surface area (Å²) in [6.45, 7) is 4.41. The van der Waals surface area contributed by atoms with Gasteiger partial charge in [0.15, 0.2) is 6.61 Å². The molecular formula is C26H27N3O5. The van der Waals surface area contributed by atoms with Gasteiger partial charge in [0.25, 0.3) is 5.91 Å². The van der Waals surface area contributed by atoms with Crippen molar-refractivity contribution in [2.24, 2.45) is 5.92 Å². The molecule has 0 bridgehead atoms. The molecule has 3 aromatic rings. The lowest BCUT2D eigenvalue weighted by Gasteiger charge is -2.17. The maximum atomic E-state index is 12.5. The third-order valence-corrected chi connectivity index (χ3v) is 5.54. The Kier molecular flexibility index (Phi) is 6.96. The molecule has 3 amide bonds. The molecule has 1 aliphatic heterocycles. The van der Waals surface area contributed by atoms with Gasteiger partial charge in [-0.25, -0.2) is 0 Å². The molecule has 8 heteroatoms. The van der Waals surface area contributed by atoms with Crippen LogP contribution in [0.15, 0.2) is 65.3 Å². The monoisotopic (exact) mass is 461 g/mol. The van der Waals surface area contributed by atoms with Crippen molar-refractivity contribution in [2.45, 2.75) is 26.8 Å². The molecule has 4 rings (SSSR count). The zero-order chi connectivity index (χ0) is 24.1. The van der Waals surface area contributed by atoms with Crippen LogP contribution in [-0.4, -0.2) is 30.9 Å². The number of carbonyl (C=O) groups excluding carboxylic acids is 3. The lowest BCUT2D eigenvalue weighted by atomic mass is 10.1. The molecule has 0 spiro atoms. The molecule has 2 aromatic carbocycles. The van der Waals surface area contributed by atoms with E-state index in [1.165, 1.54) is 0 Å². The minimum absolute atomic E-state index is 0.111. The number of carbonyl (C=O) groups is 3. The van der Waals surface area contributed by atoms with Crippen molar-refractivity contribution in [2.75, 3.05) is 23.4 Å². The quantitative estimate of drug-likeness (QED) is 0.534. The number of nitrogens with zero attached hydrogens (tertiary/aromatic N) is 1. The van der Waals surface area contributed by atoms with Gasteiger partial charge in [0.05, 0.1) is 18.7 Å². The predicted molar refractivity (Wildman–Crippen MR) is 127 cm³/mol. The second-order valence-corrected chi connectivity index (χ2v) is 8.41. The minimum Gasteiger partial charge on any atom is -0.484 e. The zero-order valence-electron chi connectivity index (χ0n) is 19.2. The zero-order valence-corrected chi connectivity index (χ0v) is 19.2. The van der Waals surface area contributed by atoms with E-state index in [9.17, 15) is 14.4 Å². The number of hydrogen-bond donors (Lipinski definition) is 2. The number of nitrogens with one attached hydrogen (secondary N) is 2. The Hall–Kier alpha value is -4.07. The van der Waals surface area contributed by atoms with Crippen LogP contribution in [0, 0.1) is 19.8 Å². The summed E-state index contributed by atoms with van der Waals surface area (Å²) in [7, 11) is 0. The van der Waals surface area contributed by atoms with Gasteiger partial charge < -0.3 is 24.7 Å². The third kappa shape index (κ3) is 5.83. The summed E-state index contributed by atoms with van der Waals surface area (Å²) in [5, 5.41) is 5.64. The number of hydrogen-bond acceptors (Lipinski definition) is 5. The summed E-state index contributed by atoms with van der Waals surface area (Å²) >= 11 is 0. The average Bonchev–Trinajstić information content (AvgIpc) is 3.45. The first-order chi connectivity index (χ1) is 16.4. The van der Waals surface area contributed by atoms with Gasteiger partial charge in [-0.2, -0.15) is 0 Å². The van der Waals surface area contributed by atoms with Gasteiger partial charge in [0.1, 0.15) is 11.5 Å². The van der Waals surface area contributed by atoms with Gasteiger partial charge in [0.2, 0.25) is 11.8 Å². The minimum atomic E-state index is -0.424. The third-order valence-electron chi connectivity index (χ3n) is 5.54. The molecule has 1 aromatic heterocycles. The highest BCUT2D eigenvalue weighted by molar-refractivity contribution is 6.00. The molecule has 2 N–H and O–H groups in total. The molecule has 0 radical (unpaired) electrons. The van der Waals surface area contributed by atoms with E-state index in [4.69, 9.17) is 9.15 Å². The summed E-state index contributed by atoms with van der Waals surface area (Å²) in [5.74, 6) is 0.202. The molecule has 0 unspecified atom stereocenters. The molecule has 1 aliphatic rings. The van der Waals surface area contributed by atoms with Gasteiger partial charge in [-0.1, -0.05) is 6.07 Å². The van der Waals surface area contributed by atoms with E-state index in [2.05, 4.69) is 10.6 Å². The maximum Gasteiger partial charge on any atom is 0.262 e. The van der Waals surface area contributed by atoms with E-state index < -0.39 is 5.92 Å². The van der Waals surface area contributed by atoms with Crippen LogP contribution in [0.25, 0.3) is 0 Å². The number of benzene rings is 2. The molecule has 0 aliphatic carbocycles. The Labute approximate surface area is 197 Å². The van der Waals surface area contributed by atoms with Crippen LogP contribution in [0.1, 0.15) is 23.3 Å². The number of anilines is 2. The standard InChI is InChI=1S/C26H27N3O5/c1-17-10-18(2)12-20(11-17)28-24(30)16-34-22-7-5-21(6-8-22)29-15-19(13-25(29)31)26(32)27-14-23-4-3-9-33-23/h3-12,19H,13-16H2,1-2H3,(H,27,32)(H,28,30)/t19-/m1/s1. The fourth-order valence-electron chi connectivity index (χ4n) is 3.98. The van der Waals surface area contributed by atoms with Gasteiger partial charge in [0, 0.05) is 24.3 Å². The van der Waals surface area contributed by atoms with Gasteiger partial charge in [-0.15, -0.1) is 0 Å². The molecule has 1 saturated heterocycles. The van der Waals surface area contributed by atoms with E-state index in [1.54, 1.807) is 47.6 Å². The molecule has 8 nitrogen and oxygen atoms in total. The van der Waals surface area contributed by atoms with Crippen molar-refractivity contribution in [3.05, 3.63) is 77.7 Å². The molecule has 176 valence electrons. The Morgan fingerprint density at radius 1 is 1.09 bits per heavy atom.